The number of nitrogens with one attached hydrogen (secondary N) is 1. The average molecular weight is 539 g/mol. The van der Waals surface area contributed by atoms with E-state index < -0.39 is 5.91 Å². The maximum absolute atomic E-state index is 13.4. The first-order chi connectivity index (χ1) is 17.4. The number of primary amides is 1. The van der Waals surface area contributed by atoms with Crippen molar-refractivity contribution < 1.29 is 9.59 Å². The third-order valence-corrected chi connectivity index (χ3v) is 9.56. The molecular formula is C26H26N4O3S3. The highest BCUT2D eigenvalue weighted by Crippen LogP contribution is 2.37. The number of aryl methyl sites for hydroxylation is 1. The Morgan fingerprint density at radius 1 is 1.25 bits per heavy atom. The lowest BCUT2D eigenvalue weighted by atomic mass is 9.89. The molecule has 1 aliphatic carbocycles. The number of fused-ring (bicyclic) bond motifs is 3. The average Bonchev–Trinajstić information content (AvgIpc) is 3.44. The number of benzene rings is 1. The highest BCUT2D eigenvalue weighted by Gasteiger charge is 2.25. The van der Waals surface area contributed by atoms with E-state index >= 15 is 0 Å². The maximum atomic E-state index is 13.4. The van der Waals surface area contributed by atoms with E-state index in [1.54, 1.807) is 22.0 Å². The Morgan fingerprint density at radius 3 is 2.75 bits per heavy atom. The van der Waals surface area contributed by atoms with E-state index in [-0.39, 0.29) is 22.8 Å². The molecule has 0 bridgehead atoms. The van der Waals surface area contributed by atoms with E-state index in [0.717, 1.165) is 45.5 Å². The minimum absolute atomic E-state index is 0.0285. The van der Waals surface area contributed by atoms with Crippen LogP contribution >= 0.6 is 34.4 Å². The molecule has 36 heavy (non-hydrogen) atoms. The van der Waals surface area contributed by atoms with Gasteiger partial charge in [0.05, 0.1) is 16.7 Å². The number of nitrogens with two attached hydrogens (primary N) is 1. The van der Waals surface area contributed by atoms with Crippen LogP contribution in [0.25, 0.3) is 20.7 Å². The van der Waals surface area contributed by atoms with Crippen LogP contribution in [-0.2, 0) is 24.2 Å². The van der Waals surface area contributed by atoms with Crippen LogP contribution in [0.4, 0.5) is 5.00 Å². The van der Waals surface area contributed by atoms with E-state index in [2.05, 4.69) is 12.2 Å². The summed E-state index contributed by atoms with van der Waals surface area (Å²) >= 11 is 4.14. The molecule has 2 amide bonds. The van der Waals surface area contributed by atoms with Crippen molar-refractivity contribution in [2.75, 3.05) is 11.1 Å². The van der Waals surface area contributed by atoms with Gasteiger partial charge in [0.25, 0.3) is 11.5 Å². The van der Waals surface area contributed by atoms with E-state index in [9.17, 15) is 14.4 Å². The second-order valence-corrected chi connectivity index (χ2v) is 12.0. The van der Waals surface area contributed by atoms with Gasteiger partial charge in [-0.15, -0.1) is 22.7 Å². The lowest BCUT2D eigenvalue weighted by molar-refractivity contribution is -0.113. The van der Waals surface area contributed by atoms with Crippen LogP contribution in [0, 0.1) is 5.92 Å². The summed E-state index contributed by atoms with van der Waals surface area (Å²) in [5, 5.41) is 4.53. The van der Waals surface area contributed by atoms with Crippen molar-refractivity contribution in [2.45, 2.75) is 44.8 Å². The molecule has 0 saturated heterocycles. The maximum Gasteiger partial charge on any atom is 0.263 e. The third kappa shape index (κ3) is 4.72. The molecule has 0 radical (unpaired) electrons. The van der Waals surface area contributed by atoms with E-state index in [0.29, 0.717) is 22.6 Å². The number of hydrogen-bond acceptors (Lipinski definition) is 7. The lowest BCUT2D eigenvalue weighted by Gasteiger charge is -2.17. The van der Waals surface area contributed by atoms with Gasteiger partial charge < -0.3 is 11.1 Å². The van der Waals surface area contributed by atoms with Gasteiger partial charge in [0.1, 0.15) is 9.83 Å². The van der Waals surface area contributed by atoms with Crippen molar-refractivity contribution in [1.82, 2.24) is 9.55 Å². The molecule has 4 aromatic rings. The van der Waals surface area contributed by atoms with Gasteiger partial charge in [-0.05, 0) is 49.3 Å². The fraction of sp³-hybridized carbons (Fsp3) is 0.308. The highest BCUT2D eigenvalue weighted by atomic mass is 32.2. The number of nitrogens with zero attached hydrogens (tertiary/aromatic N) is 2. The van der Waals surface area contributed by atoms with Crippen molar-refractivity contribution in [3.05, 3.63) is 62.8 Å². The Bertz CT molecular complexity index is 1520. The predicted molar refractivity (Wildman–Crippen MR) is 148 cm³/mol. The molecule has 0 fully saturated rings. The van der Waals surface area contributed by atoms with Crippen molar-refractivity contribution in [2.24, 2.45) is 11.7 Å². The summed E-state index contributed by atoms with van der Waals surface area (Å²) in [6.07, 6.45) is 2.99. The molecule has 3 aromatic heterocycles. The van der Waals surface area contributed by atoms with Crippen LogP contribution in [0.15, 0.2) is 46.3 Å². The second kappa shape index (κ2) is 10.2. The molecule has 1 aliphatic rings. The number of aromatic nitrogens is 2. The van der Waals surface area contributed by atoms with Gasteiger partial charge in [0.15, 0.2) is 5.16 Å². The monoisotopic (exact) mass is 538 g/mol. The number of thiophene rings is 2. The number of amides is 2. The fourth-order valence-corrected chi connectivity index (χ4v) is 7.87. The molecule has 1 atom stereocenters. The number of carbonyl (C=O) groups excluding carboxylic acids is 2. The number of hydrogen-bond donors (Lipinski definition) is 2. The summed E-state index contributed by atoms with van der Waals surface area (Å²) in [6, 6.07) is 11.3. The summed E-state index contributed by atoms with van der Waals surface area (Å²) in [7, 11) is 0. The van der Waals surface area contributed by atoms with Gasteiger partial charge in [-0.2, -0.15) is 0 Å². The topological polar surface area (TPSA) is 107 Å². The molecule has 5 rings (SSSR count). The van der Waals surface area contributed by atoms with Crippen LogP contribution in [0.2, 0.25) is 0 Å². The van der Waals surface area contributed by atoms with Crippen molar-refractivity contribution in [3.63, 3.8) is 0 Å². The molecule has 1 aromatic carbocycles. The van der Waals surface area contributed by atoms with Crippen molar-refractivity contribution in [3.8, 4) is 10.4 Å². The van der Waals surface area contributed by atoms with Crippen LogP contribution < -0.4 is 16.6 Å². The molecule has 0 aliphatic heterocycles. The molecule has 10 heteroatoms. The largest absolute Gasteiger partial charge is 0.366 e. The summed E-state index contributed by atoms with van der Waals surface area (Å²) in [4.78, 5) is 45.9. The molecule has 186 valence electrons. The Kier molecular flexibility index (Phi) is 7.00. The second-order valence-electron chi connectivity index (χ2n) is 8.90. The Balaban J connectivity index is 1.37. The van der Waals surface area contributed by atoms with Gasteiger partial charge in [0, 0.05) is 16.3 Å². The predicted octanol–water partition coefficient (Wildman–Crippen LogP) is 5.16. The van der Waals surface area contributed by atoms with Gasteiger partial charge in [-0.1, -0.05) is 49.0 Å². The van der Waals surface area contributed by atoms with E-state index in [4.69, 9.17) is 10.7 Å². The van der Waals surface area contributed by atoms with Crippen molar-refractivity contribution in [1.29, 1.82) is 0 Å². The summed E-state index contributed by atoms with van der Waals surface area (Å²) < 4.78 is 1.65. The number of thioether (sulfide) groups is 1. The first kappa shape index (κ1) is 24.7. The van der Waals surface area contributed by atoms with E-state index in [1.807, 2.05) is 37.3 Å². The fourth-order valence-electron chi connectivity index (χ4n) is 4.50. The third-order valence-electron chi connectivity index (χ3n) is 6.34. The van der Waals surface area contributed by atoms with Crippen LogP contribution in [0.1, 0.15) is 41.1 Å². The van der Waals surface area contributed by atoms with Crippen LogP contribution in [0.5, 0.6) is 0 Å². The minimum Gasteiger partial charge on any atom is -0.366 e. The standard InChI is InChI=1S/C26H26N4O3S3/c1-3-30-25(33)21-16-10-9-14(2)11-19(16)36-24(21)29-26(30)34-13-20(31)28-23-17(22(27)32)12-18(35-23)15-7-5-4-6-8-15/h4-8,12,14H,3,9-11,13H2,1-2H3,(H2,27,32)(H,28,31)/t14-/m0/s1. The van der Waals surface area contributed by atoms with Gasteiger partial charge in [-0.3, -0.25) is 19.0 Å². The molecule has 3 N–H and O–H groups in total. The molecule has 3 heterocycles. The van der Waals surface area contributed by atoms with Crippen molar-refractivity contribution >= 4 is 61.5 Å². The first-order valence-corrected chi connectivity index (χ1v) is 14.4. The Morgan fingerprint density at radius 2 is 2.03 bits per heavy atom. The van der Waals surface area contributed by atoms with Crippen LogP contribution in [0.3, 0.4) is 0 Å². The summed E-state index contributed by atoms with van der Waals surface area (Å²) in [6.45, 7) is 4.63. The van der Waals surface area contributed by atoms with Gasteiger partial charge in [0.2, 0.25) is 5.91 Å². The van der Waals surface area contributed by atoms with Gasteiger partial charge >= 0.3 is 0 Å². The summed E-state index contributed by atoms with van der Waals surface area (Å²) in [5.41, 5.74) is 7.92. The highest BCUT2D eigenvalue weighted by molar-refractivity contribution is 7.99. The quantitative estimate of drug-likeness (QED) is 0.250. The number of anilines is 1. The number of carbonyl (C=O) groups is 2. The van der Waals surface area contributed by atoms with E-state index in [1.165, 1.54) is 28.0 Å². The lowest BCUT2D eigenvalue weighted by Crippen LogP contribution is -2.24. The van der Waals surface area contributed by atoms with Crippen LogP contribution in [-0.4, -0.2) is 27.1 Å². The Hall–Kier alpha value is -2.95. The molecule has 0 unspecified atom stereocenters. The summed E-state index contributed by atoms with van der Waals surface area (Å²) in [5.74, 6) is -0.224. The van der Waals surface area contributed by atoms with Gasteiger partial charge in [-0.25, -0.2) is 4.98 Å². The zero-order valence-electron chi connectivity index (χ0n) is 20.0. The number of rotatable bonds is 7. The molecule has 0 saturated carbocycles. The zero-order chi connectivity index (χ0) is 25.4. The first-order valence-electron chi connectivity index (χ1n) is 11.8. The SMILES string of the molecule is CCn1c(SCC(=O)Nc2sc(-c3ccccc3)cc2C(N)=O)nc2sc3c(c2c1=O)CC[C@H](C)C3. The smallest absolute Gasteiger partial charge is 0.263 e. The minimum atomic E-state index is -0.598. The molecule has 7 nitrogen and oxygen atoms in total. The molecule has 0 spiro atoms. The zero-order valence-corrected chi connectivity index (χ0v) is 22.4. The Labute approximate surface area is 220 Å². The normalized spacial score (nSPS) is 15.1. The molecular weight excluding hydrogens is 513 g/mol.